The summed E-state index contributed by atoms with van der Waals surface area (Å²) in [6.45, 7) is 5.22. The lowest BCUT2D eigenvalue weighted by atomic mass is 10.2. The number of hydrogen-bond donors (Lipinski definition) is 3. The normalized spacial score (nSPS) is 13.8. The molecule has 1 aromatic heterocycles. The first-order chi connectivity index (χ1) is 9.64. The van der Waals surface area contributed by atoms with Crippen LogP contribution in [-0.2, 0) is 0 Å². The summed E-state index contributed by atoms with van der Waals surface area (Å²) in [5.74, 6) is 1.63. The molecule has 7 heteroatoms. The lowest BCUT2D eigenvalue weighted by Gasteiger charge is -2.22. The lowest BCUT2D eigenvalue weighted by Crippen LogP contribution is -2.31. The Balaban J connectivity index is 2.82. The van der Waals surface area contributed by atoms with E-state index in [-0.39, 0.29) is 17.9 Å². The highest BCUT2D eigenvalue weighted by molar-refractivity contribution is 7.99. The third-order valence-electron chi connectivity index (χ3n) is 2.86. The topological polar surface area (TPSA) is 70.1 Å². The Morgan fingerprint density at radius 2 is 2.00 bits per heavy atom. The maximum Gasteiger partial charge on any atom is 0.191 e. The molecule has 0 saturated heterocycles. The molecule has 1 heterocycles. The minimum atomic E-state index is 0.138. The molecule has 3 N–H and O–H groups in total. The Morgan fingerprint density at radius 1 is 1.30 bits per heavy atom. The van der Waals surface area contributed by atoms with E-state index < -0.39 is 0 Å². The molecule has 0 aliphatic carbocycles. The minimum absolute atomic E-state index is 0.138. The Hall–Kier alpha value is -0.660. The van der Waals surface area contributed by atoms with E-state index in [9.17, 15) is 5.11 Å². The van der Waals surface area contributed by atoms with Gasteiger partial charge in [0.05, 0.1) is 6.61 Å². The quantitative estimate of drug-likeness (QED) is 0.478. The number of aliphatic hydroxyl groups excluding tert-OH is 1. The standard InChI is InChI=1S/C13H24N4OS2/c1-5-6-14-11-7-12(17-13(16-11)20-4)15-9(2)10(8-18)19-3/h7,9-10,18H,5-6,8H2,1-4H3,(H2,14,15,16,17). The molecule has 0 aliphatic rings. The van der Waals surface area contributed by atoms with Gasteiger partial charge in [-0.1, -0.05) is 18.7 Å². The van der Waals surface area contributed by atoms with Crippen molar-refractivity contribution in [3.05, 3.63) is 6.07 Å². The number of rotatable bonds is 9. The molecule has 0 amide bonds. The maximum absolute atomic E-state index is 9.34. The monoisotopic (exact) mass is 316 g/mol. The van der Waals surface area contributed by atoms with E-state index in [4.69, 9.17) is 0 Å². The Bertz CT molecular complexity index is 402. The number of aromatic nitrogens is 2. The highest BCUT2D eigenvalue weighted by Gasteiger charge is 2.16. The summed E-state index contributed by atoms with van der Waals surface area (Å²) in [6, 6.07) is 2.05. The van der Waals surface area contributed by atoms with Crippen LogP contribution in [0.2, 0.25) is 0 Å². The van der Waals surface area contributed by atoms with Gasteiger partial charge in [0.15, 0.2) is 5.16 Å². The molecular formula is C13H24N4OS2. The molecule has 20 heavy (non-hydrogen) atoms. The van der Waals surface area contributed by atoms with Crippen molar-refractivity contribution in [3.8, 4) is 0 Å². The Morgan fingerprint density at radius 3 is 2.55 bits per heavy atom. The van der Waals surface area contributed by atoms with E-state index in [0.717, 1.165) is 29.8 Å². The van der Waals surface area contributed by atoms with Crippen LogP contribution in [0.5, 0.6) is 0 Å². The van der Waals surface area contributed by atoms with Crippen LogP contribution in [0.4, 0.5) is 11.6 Å². The molecule has 1 rings (SSSR count). The van der Waals surface area contributed by atoms with Crippen LogP contribution >= 0.6 is 23.5 Å². The second kappa shape index (κ2) is 9.31. The van der Waals surface area contributed by atoms with Gasteiger partial charge in [0.2, 0.25) is 0 Å². The summed E-state index contributed by atoms with van der Waals surface area (Å²) in [5.41, 5.74) is 0. The molecule has 114 valence electrons. The van der Waals surface area contributed by atoms with Gasteiger partial charge in [0.1, 0.15) is 11.6 Å². The van der Waals surface area contributed by atoms with Crippen LogP contribution in [0.15, 0.2) is 11.2 Å². The minimum Gasteiger partial charge on any atom is -0.395 e. The molecule has 5 nitrogen and oxygen atoms in total. The molecule has 2 atom stereocenters. The fourth-order valence-electron chi connectivity index (χ4n) is 1.70. The summed E-state index contributed by atoms with van der Waals surface area (Å²) < 4.78 is 0. The van der Waals surface area contributed by atoms with Crippen molar-refractivity contribution >= 4 is 35.2 Å². The first-order valence-corrected chi connectivity index (χ1v) is 9.23. The highest BCUT2D eigenvalue weighted by atomic mass is 32.2. The van der Waals surface area contributed by atoms with Crippen molar-refractivity contribution in [2.75, 3.05) is 36.3 Å². The van der Waals surface area contributed by atoms with Crippen molar-refractivity contribution in [1.82, 2.24) is 9.97 Å². The summed E-state index contributed by atoms with van der Waals surface area (Å²) in [4.78, 5) is 8.89. The van der Waals surface area contributed by atoms with E-state index >= 15 is 0 Å². The molecule has 0 saturated carbocycles. The molecule has 2 unspecified atom stereocenters. The molecule has 0 aliphatic heterocycles. The second-order valence-corrected chi connectivity index (χ2v) is 6.29. The molecular weight excluding hydrogens is 292 g/mol. The number of aliphatic hydroxyl groups is 1. The average Bonchev–Trinajstić information content (AvgIpc) is 2.46. The first kappa shape index (κ1) is 17.4. The van der Waals surface area contributed by atoms with Gasteiger partial charge in [-0.25, -0.2) is 9.97 Å². The fourth-order valence-corrected chi connectivity index (χ4v) is 2.70. The van der Waals surface area contributed by atoms with Gasteiger partial charge in [-0.15, -0.1) is 0 Å². The number of nitrogens with one attached hydrogen (secondary N) is 2. The summed E-state index contributed by atoms with van der Waals surface area (Å²) in [6.07, 6.45) is 5.02. The lowest BCUT2D eigenvalue weighted by molar-refractivity contribution is 0.288. The third-order valence-corrected chi connectivity index (χ3v) is 4.57. The maximum atomic E-state index is 9.34. The van der Waals surface area contributed by atoms with E-state index in [1.807, 2.05) is 18.6 Å². The largest absolute Gasteiger partial charge is 0.395 e. The average molecular weight is 316 g/mol. The van der Waals surface area contributed by atoms with Crippen molar-refractivity contribution in [3.63, 3.8) is 0 Å². The summed E-state index contributed by atoms with van der Waals surface area (Å²) in [5, 5.41) is 16.9. The molecule has 0 spiro atoms. The van der Waals surface area contributed by atoms with E-state index in [2.05, 4.69) is 34.4 Å². The van der Waals surface area contributed by atoms with Gasteiger partial charge in [0.25, 0.3) is 0 Å². The third kappa shape index (κ3) is 5.38. The van der Waals surface area contributed by atoms with Crippen molar-refractivity contribution in [2.24, 2.45) is 0 Å². The van der Waals surface area contributed by atoms with Gasteiger partial charge < -0.3 is 15.7 Å². The molecule has 0 aromatic carbocycles. The van der Waals surface area contributed by atoms with Crippen LogP contribution in [0.25, 0.3) is 0 Å². The molecule has 1 aromatic rings. The Kier molecular flexibility index (Phi) is 8.09. The van der Waals surface area contributed by atoms with Gasteiger partial charge in [-0.05, 0) is 25.9 Å². The smallest absolute Gasteiger partial charge is 0.191 e. The predicted octanol–water partition coefficient (Wildman–Crippen LogP) is 2.54. The zero-order chi connectivity index (χ0) is 15.0. The molecule has 0 radical (unpaired) electrons. The fraction of sp³-hybridized carbons (Fsp3) is 0.692. The van der Waals surface area contributed by atoms with Gasteiger partial charge in [0, 0.05) is 23.9 Å². The second-order valence-electron chi connectivity index (χ2n) is 4.44. The van der Waals surface area contributed by atoms with Crippen LogP contribution in [0, 0.1) is 0 Å². The zero-order valence-electron chi connectivity index (χ0n) is 12.5. The van der Waals surface area contributed by atoms with Crippen LogP contribution in [-0.4, -0.2) is 52.0 Å². The van der Waals surface area contributed by atoms with Gasteiger partial charge in [-0.3, -0.25) is 0 Å². The van der Waals surface area contributed by atoms with Crippen LogP contribution in [0.3, 0.4) is 0 Å². The summed E-state index contributed by atoms with van der Waals surface area (Å²) in [7, 11) is 0. The van der Waals surface area contributed by atoms with Crippen LogP contribution in [0.1, 0.15) is 20.3 Å². The van der Waals surface area contributed by atoms with Gasteiger partial charge >= 0.3 is 0 Å². The SMILES string of the molecule is CCCNc1cc(NC(C)C(CO)SC)nc(SC)n1. The number of anilines is 2. The molecule has 0 fully saturated rings. The Labute approximate surface area is 129 Å². The first-order valence-electron chi connectivity index (χ1n) is 6.71. The summed E-state index contributed by atoms with van der Waals surface area (Å²) >= 11 is 3.17. The highest BCUT2D eigenvalue weighted by Crippen LogP contribution is 2.20. The predicted molar refractivity (Wildman–Crippen MR) is 90.1 cm³/mol. The molecule has 0 bridgehead atoms. The van der Waals surface area contributed by atoms with Crippen molar-refractivity contribution in [2.45, 2.75) is 36.7 Å². The number of hydrogen-bond acceptors (Lipinski definition) is 7. The van der Waals surface area contributed by atoms with Crippen molar-refractivity contribution < 1.29 is 5.11 Å². The zero-order valence-corrected chi connectivity index (χ0v) is 14.1. The van der Waals surface area contributed by atoms with E-state index in [1.54, 1.807) is 11.8 Å². The van der Waals surface area contributed by atoms with E-state index in [1.165, 1.54) is 11.8 Å². The number of thioether (sulfide) groups is 2. The van der Waals surface area contributed by atoms with Crippen molar-refractivity contribution in [1.29, 1.82) is 0 Å². The van der Waals surface area contributed by atoms with Gasteiger partial charge in [-0.2, -0.15) is 11.8 Å². The number of nitrogens with zero attached hydrogens (tertiary/aromatic N) is 2. The van der Waals surface area contributed by atoms with E-state index in [0.29, 0.717) is 0 Å². The van der Waals surface area contributed by atoms with Crippen LogP contribution < -0.4 is 10.6 Å².